The van der Waals surface area contributed by atoms with Gasteiger partial charge in [0, 0.05) is 18.7 Å². The molecular formula is C27H38N2O. The second-order valence-electron chi connectivity index (χ2n) is 11.3. The Balaban J connectivity index is 2.46. The van der Waals surface area contributed by atoms with Crippen molar-refractivity contribution in [2.24, 2.45) is 10.8 Å². The highest BCUT2D eigenvalue weighted by molar-refractivity contribution is 6.09. The van der Waals surface area contributed by atoms with Gasteiger partial charge >= 0.3 is 0 Å². The number of fused-ring (bicyclic) bond motifs is 2. The molecule has 2 aromatic rings. The smallest absolute Gasteiger partial charge is 0.162 e. The highest BCUT2D eigenvalue weighted by atomic mass is 16.1. The molecule has 0 bridgehead atoms. The zero-order chi connectivity index (χ0) is 22.6. The van der Waals surface area contributed by atoms with Crippen molar-refractivity contribution in [2.45, 2.75) is 69.2 Å². The highest BCUT2D eigenvalue weighted by Gasteiger charge is 2.37. The fourth-order valence-corrected chi connectivity index (χ4v) is 4.58. The SMILES string of the molecule is CC(=O)c1c(C)c(C)c(C)c2c1N(CC(C)(C)C)c1ccccc1N2CC(C)(C)C. The Kier molecular flexibility index (Phi) is 5.56. The quantitative estimate of drug-likeness (QED) is 0.493. The van der Waals surface area contributed by atoms with E-state index in [-0.39, 0.29) is 16.6 Å². The number of ketones is 1. The fourth-order valence-electron chi connectivity index (χ4n) is 4.58. The minimum Gasteiger partial charge on any atom is -0.337 e. The molecule has 3 rings (SSSR count). The summed E-state index contributed by atoms with van der Waals surface area (Å²) < 4.78 is 0. The van der Waals surface area contributed by atoms with Crippen LogP contribution < -0.4 is 9.80 Å². The zero-order valence-corrected chi connectivity index (χ0v) is 20.5. The van der Waals surface area contributed by atoms with E-state index >= 15 is 0 Å². The van der Waals surface area contributed by atoms with Crippen LogP contribution in [-0.2, 0) is 0 Å². The van der Waals surface area contributed by atoms with E-state index in [2.05, 4.69) is 96.4 Å². The maximum atomic E-state index is 13.0. The third-order valence-corrected chi connectivity index (χ3v) is 5.94. The molecule has 0 radical (unpaired) electrons. The summed E-state index contributed by atoms with van der Waals surface area (Å²) in [5.74, 6) is 0.140. The number of rotatable bonds is 3. The average Bonchev–Trinajstić information content (AvgIpc) is 2.60. The van der Waals surface area contributed by atoms with E-state index in [0.717, 1.165) is 29.9 Å². The van der Waals surface area contributed by atoms with Crippen LogP contribution >= 0.6 is 0 Å². The van der Waals surface area contributed by atoms with Gasteiger partial charge in [0.15, 0.2) is 5.78 Å². The van der Waals surface area contributed by atoms with Gasteiger partial charge < -0.3 is 9.80 Å². The number of hydrogen-bond acceptors (Lipinski definition) is 3. The lowest BCUT2D eigenvalue weighted by Gasteiger charge is -2.46. The molecule has 0 atom stereocenters. The van der Waals surface area contributed by atoms with Crippen molar-refractivity contribution < 1.29 is 4.79 Å². The molecule has 30 heavy (non-hydrogen) atoms. The third-order valence-electron chi connectivity index (χ3n) is 5.94. The van der Waals surface area contributed by atoms with Gasteiger partial charge in [0.05, 0.1) is 22.7 Å². The highest BCUT2D eigenvalue weighted by Crippen LogP contribution is 2.54. The molecule has 0 aromatic heterocycles. The largest absolute Gasteiger partial charge is 0.337 e. The Morgan fingerprint density at radius 3 is 1.57 bits per heavy atom. The molecule has 0 N–H and O–H groups in total. The van der Waals surface area contributed by atoms with Crippen LogP contribution in [0.5, 0.6) is 0 Å². The van der Waals surface area contributed by atoms with Crippen molar-refractivity contribution in [1.82, 2.24) is 0 Å². The summed E-state index contributed by atoms with van der Waals surface area (Å²) >= 11 is 0. The predicted octanol–water partition coefficient (Wildman–Crippen LogP) is 7.50. The second-order valence-corrected chi connectivity index (χ2v) is 11.3. The van der Waals surface area contributed by atoms with Gasteiger partial charge in [-0.25, -0.2) is 0 Å². The summed E-state index contributed by atoms with van der Waals surface area (Å²) in [6.45, 7) is 23.5. The molecule has 0 unspecified atom stereocenters. The number of para-hydroxylation sites is 2. The lowest BCUT2D eigenvalue weighted by Crippen LogP contribution is -2.39. The summed E-state index contributed by atoms with van der Waals surface area (Å²) in [4.78, 5) is 17.8. The Hall–Kier alpha value is -2.29. The lowest BCUT2D eigenvalue weighted by molar-refractivity contribution is 0.101. The van der Waals surface area contributed by atoms with Gasteiger partial charge in [0.1, 0.15) is 0 Å². The molecule has 0 saturated carbocycles. The maximum Gasteiger partial charge on any atom is 0.162 e. The first-order valence-electron chi connectivity index (χ1n) is 11.0. The van der Waals surface area contributed by atoms with E-state index < -0.39 is 0 Å². The Morgan fingerprint density at radius 1 is 0.733 bits per heavy atom. The normalized spacial score (nSPS) is 13.9. The number of benzene rings is 2. The fraction of sp³-hybridized carbons (Fsp3) is 0.519. The van der Waals surface area contributed by atoms with Crippen molar-refractivity contribution in [2.75, 3.05) is 22.9 Å². The molecule has 2 aromatic carbocycles. The molecule has 0 spiro atoms. The second kappa shape index (κ2) is 7.44. The Labute approximate surface area is 183 Å². The van der Waals surface area contributed by atoms with E-state index in [1.165, 1.54) is 28.2 Å². The first-order chi connectivity index (χ1) is 13.7. The summed E-state index contributed by atoms with van der Waals surface area (Å²) in [5, 5.41) is 0. The van der Waals surface area contributed by atoms with Crippen LogP contribution in [0.15, 0.2) is 24.3 Å². The van der Waals surface area contributed by atoms with Crippen LogP contribution in [-0.4, -0.2) is 18.9 Å². The zero-order valence-electron chi connectivity index (χ0n) is 20.5. The number of Topliss-reactive ketones (excluding diaryl/α,β-unsaturated/α-hetero) is 1. The van der Waals surface area contributed by atoms with Crippen LogP contribution in [0.4, 0.5) is 22.7 Å². The van der Waals surface area contributed by atoms with E-state index in [1.807, 2.05) is 0 Å². The summed E-state index contributed by atoms with van der Waals surface area (Å²) in [6.07, 6.45) is 0. The summed E-state index contributed by atoms with van der Waals surface area (Å²) in [7, 11) is 0. The molecule has 1 aliphatic rings. The third kappa shape index (κ3) is 3.99. The number of nitrogens with zero attached hydrogens (tertiary/aromatic N) is 2. The number of hydrogen-bond donors (Lipinski definition) is 0. The molecule has 0 aliphatic carbocycles. The molecule has 0 amide bonds. The lowest BCUT2D eigenvalue weighted by atomic mass is 9.86. The number of anilines is 4. The van der Waals surface area contributed by atoms with Crippen LogP contribution in [0.3, 0.4) is 0 Å². The van der Waals surface area contributed by atoms with Crippen LogP contribution in [0.25, 0.3) is 0 Å². The number of carbonyl (C=O) groups excluding carboxylic acids is 1. The molecular weight excluding hydrogens is 368 g/mol. The van der Waals surface area contributed by atoms with Crippen molar-refractivity contribution in [3.63, 3.8) is 0 Å². The van der Waals surface area contributed by atoms with Gasteiger partial charge in [-0.05, 0) is 67.3 Å². The van der Waals surface area contributed by atoms with Gasteiger partial charge in [0.2, 0.25) is 0 Å². The molecule has 3 heteroatoms. The van der Waals surface area contributed by atoms with E-state index in [9.17, 15) is 4.79 Å². The minimum absolute atomic E-state index is 0.0807. The monoisotopic (exact) mass is 406 g/mol. The van der Waals surface area contributed by atoms with Crippen LogP contribution in [0.1, 0.15) is 75.5 Å². The number of carbonyl (C=O) groups is 1. The van der Waals surface area contributed by atoms with Crippen LogP contribution in [0, 0.1) is 31.6 Å². The molecule has 0 saturated heterocycles. The van der Waals surface area contributed by atoms with E-state index in [1.54, 1.807) is 6.92 Å². The standard InChI is InChI=1S/C27H38N2O/c1-17-18(2)23(20(4)30)25-24(19(17)3)28(15-26(5,6)7)21-13-11-12-14-22(21)29(25)16-27(8,9)10/h11-14H,15-16H2,1-10H3. The van der Waals surface area contributed by atoms with Crippen molar-refractivity contribution in [3.8, 4) is 0 Å². The van der Waals surface area contributed by atoms with E-state index in [0.29, 0.717) is 0 Å². The van der Waals surface area contributed by atoms with E-state index in [4.69, 9.17) is 0 Å². The Morgan fingerprint density at radius 2 is 1.17 bits per heavy atom. The van der Waals surface area contributed by atoms with Gasteiger partial charge in [-0.2, -0.15) is 0 Å². The molecule has 1 aliphatic heterocycles. The van der Waals surface area contributed by atoms with Crippen molar-refractivity contribution in [1.29, 1.82) is 0 Å². The van der Waals surface area contributed by atoms with Gasteiger partial charge in [-0.1, -0.05) is 53.7 Å². The summed E-state index contributed by atoms with van der Waals surface area (Å²) in [6, 6.07) is 8.66. The Bertz CT molecular complexity index is 989. The molecule has 3 nitrogen and oxygen atoms in total. The van der Waals surface area contributed by atoms with Crippen LogP contribution in [0.2, 0.25) is 0 Å². The molecule has 162 valence electrons. The van der Waals surface area contributed by atoms with Gasteiger partial charge in [-0.3, -0.25) is 4.79 Å². The van der Waals surface area contributed by atoms with Crippen molar-refractivity contribution in [3.05, 3.63) is 46.5 Å². The first-order valence-corrected chi connectivity index (χ1v) is 11.0. The summed E-state index contributed by atoms with van der Waals surface area (Å²) in [5.41, 5.74) is 9.34. The van der Waals surface area contributed by atoms with Gasteiger partial charge in [0.25, 0.3) is 0 Å². The first kappa shape index (κ1) is 22.4. The maximum absolute atomic E-state index is 13.0. The minimum atomic E-state index is 0.0807. The average molecular weight is 407 g/mol. The van der Waals surface area contributed by atoms with Crippen molar-refractivity contribution >= 4 is 28.5 Å². The molecule has 1 heterocycles. The topological polar surface area (TPSA) is 23.6 Å². The van der Waals surface area contributed by atoms with Gasteiger partial charge in [-0.15, -0.1) is 0 Å². The molecule has 0 fully saturated rings. The predicted molar refractivity (Wildman–Crippen MR) is 130 cm³/mol.